The molecule has 0 radical (unpaired) electrons. The van der Waals surface area contributed by atoms with Gasteiger partial charge in [-0.2, -0.15) is 4.34 Å². The van der Waals surface area contributed by atoms with Crippen molar-refractivity contribution in [3.05, 3.63) is 18.2 Å². The minimum Gasteiger partial charge on any atom is -0.486 e. The highest BCUT2D eigenvalue weighted by atomic mass is 31.2. The lowest BCUT2D eigenvalue weighted by molar-refractivity contribution is -0.561. The van der Waals surface area contributed by atoms with Crippen LogP contribution in [0, 0.1) is 0 Å². The van der Waals surface area contributed by atoms with Crippen LogP contribution in [0.4, 0.5) is 0 Å². The van der Waals surface area contributed by atoms with Gasteiger partial charge in [0.2, 0.25) is 5.75 Å². The molecule has 1 aliphatic heterocycles. The molecular weight excluding hydrogens is 235 g/mol. The summed E-state index contributed by atoms with van der Waals surface area (Å²) >= 11 is 0. The van der Waals surface area contributed by atoms with Crippen LogP contribution < -0.4 is 9.07 Å². The Kier molecular flexibility index (Phi) is 2.34. The smallest absolute Gasteiger partial charge is 0.320 e. The second-order valence-corrected chi connectivity index (χ2v) is 8.12. The molecule has 0 aromatic carbocycles. The number of aromatic nitrogens is 2. The van der Waals surface area contributed by atoms with E-state index >= 15 is 0 Å². The molecule has 1 saturated carbocycles. The molecule has 1 aliphatic carbocycles. The molecule has 17 heavy (non-hydrogen) atoms. The Morgan fingerprint density at radius 3 is 3.00 bits per heavy atom. The van der Waals surface area contributed by atoms with Crippen molar-refractivity contribution in [3.63, 3.8) is 0 Å². The van der Waals surface area contributed by atoms with Crippen molar-refractivity contribution < 1.29 is 13.6 Å². The van der Waals surface area contributed by atoms with E-state index in [2.05, 4.69) is 11.9 Å². The van der Waals surface area contributed by atoms with Crippen molar-refractivity contribution in [3.8, 4) is 5.75 Å². The molecule has 1 aromatic rings. The molecule has 2 aliphatic rings. The summed E-state index contributed by atoms with van der Waals surface area (Å²) in [5.41, 5.74) is 0. The van der Waals surface area contributed by atoms with Crippen molar-refractivity contribution in [1.82, 2.24) is 4.98 Å². The van der Waals surface area contributed by atoms with E-state index < -0.39 is 7.29 Å². The van der Waals surface area contributed by atoms with Gasteiger partial charge < -0.3 is 4.74 Å². The van der Waals surface area contributed by atoms with E-state index in [0.717, 1.165) is 37.3 Å². The summed E-state index contributed by atoms with van der Waals surface area (Å²) in [4.78, 5) is 4.42. The number of hydrogen-bond acceptors (Lipinski definition) is 3. The third-order valence-corrected chi connectivity index (χ3v) is 7.26. The molecule has 0 N–H and O–H groups in total. The van der Waals surface area contributed by atoms with E-state index in [1.807, 2.05) is 17.2 Å². The Bertz CT molecular complexity index is 511. The van der Waals surface area contributed by atoms with Crippen molar-refractivity contribution >= 4 is 7.29 Å². The first-order valence-corrected chi connectivity index (χ1v) is 8.36. The summed E-state index contributed by atoms with van der Waals surface area (Å²) in [6.07, 6.45) is 7.84. The maximum absolute atomic E-state index is 12.6. The zero-order valence-corrected chi connectivity index (χ0v) is 11.2. The van der Waals surface area contributed by atoms with E-state index in [4.69, 9.17) is 4.74 Å². The summed E-state index contributed by atoms with van der Waals surface area (Å²) in [6.45, 7) is 4.70. The van der Waals surface area contributed by atoms with Crippen LogP contribution in [0.1, 0.15) is 38.4 Å². The first-order chi connectivity index (χ1) is 8.12. The third kappa shape index (κ3) is 1.40. The molecule has 5 heteroatoms. The van der Waals surface area contributed by atoms with Gasteiger partial charge in [-0.15, -0.1) is 0 Å². The quantitative estimate of drug-likeness (QED) is 0.611. The van der Waals surface area contributed by atoms with Crippen LogP contribution in [0.2, 0.25) is 0 Å². The molecule has 1 atom stereocenters. The van der Waals surface area contributed by atoms with Gasteiger partial charge in [-0.3, -0.25) is 4.57 Å². The summed E-state index contributed by atoms with van der Waals surface area (Å²) in [5, 5.41) is -0.0606. The zero-order valence-electron chi connectivity index (χ0n) is 10.3. The van der Waals surface area contributed by atoms with Crippen molar-refractivity contribution in [2.24, 2.45) is 0 Å². The number of ether oxygens (including phenoxy) is 1. The summed E-state index contributed by atoms with van der Waals surface area (Å²) in [6, 6.07) is 0. The highest BCUT2D eigenvalue weighted by Gasteiger charge is 2.74. The predicted molar refractivity (Wildman–Crippen MR) is 64.7 cm³/mol. The van der Waals surface area contributed by atoms with E-state index in [9.17, 15) is 4.57 Å². The van der Waals surface area contributed by atoms with Crippen molar-refractivity contribution in [2.45, 2.75) is 37.8 Å². The third-order valence-electron chi connectivity index (χ3n) is 3.89. The van der Waals surface area contributed by atoms with Crippen LogP contribution in [0.3, 0.4) is 0 Å². The Hall–Kier alpha value is -0.890. The largest absolute Gasteiger partial charge is 0.486 e. The number of rotatable bonds is 4. The van der Waals surface area contributed by atoms with Crippen molar-refractivity contribution in [2.75, 3.05) is 13.3 Å². The highest BCUT2D eigenvalue weighted by molar-refractivity contribution is 7.59. The Morgan fingerprint density at radius 1 is 1.59 bits per heavy atom. The topological polar surface area (TPSA) is 43.1 Å². The van der Waals surface area contributed by atoms with Crippen LogP contribution >= 0.6 is 7.29 Å². The Morgan fingerprint density at radius 2 is 2.35 bits per heavy atom. The predicted octanol–water partition coefficient (Wildman–Crippen LogP) is 2.31. The summed E-state index contributed by atoms with van der Waals surface area (Å²) < 4.78 is 20.0. The molecule has 2 heterocycles. The number of hydrogen-bond donors (Lipinski definition) is 0. The van der Waals surface area contributed by atoms with Crippen molar-refractivity contribution in [1.29, 1.82) is 0 Å². The van der Waals surface area contributed by atoms with Gasteiger partial charge in [-0.05, 0) is 24.2 Å². The van der Waals surface area contributed by atoms with Gasteiger partial charge in [-0.1, -0.05) is 13.3 Å². The SMILES string of the molecule is CCCCOc1cnc2[n+](c1)P(C)(=O)C21CC1. The molecule has 92 valence electrons. The Balaban J connectivity index is 1.84. The molecule has 0 amide bonds. The van der Waals surface area contributed by atoms with E-state index in [1.165, 1.54) is 0 Å². The maximum Gasteiger partial charge on any atom is 0.320 e. The Labute approximate surface area is 101 Å². The van der Waals surface area contributed by atoms with Crippen LogP contribution in [0.5, 0.6) is 5.75 Å². The normalized spacial score (nSPS) is 27.4. The fourth-order valence-electron chi connectivity index (χ4n) is 2.54. The fourth-order valence-corrected chi connectivity index (χ4v) is 5.22. The van der Waals surface area contributed by atoms with Gasteiger partial charge in [0.05, 0.1) is 6.61 Å². The second-order valence-electron chi connectivity index (χ2n) is 5.07. The zero-order chi connectivity index (χ0) is 12.1. The average molecular weight is 253 g/mol. The molecule has 0 bridgehead atoms. The lowest BCUT2D eigenvalue weighted by atomic mass is 10.3. The van der Waals surface area contributed by atoms with E-state index in [0.29, 0.717) is 6.61 Å². The maximum atomic E-state index is 12.6. The van der Waals surface area contributed by atoms with E-state index in [1.54, 1.807) is 6.20 Å². The molecule has 1 fully saturated rings. The second kappa shape index (κ2) is 3.55. The molecule has 1 aromatic heterocycles. The fraction of sp³-hybridized carbons (Fsp3) is 0.667. The molecular formula is C12H18N2O2P+. The first kappa shape index (κ1) is 11.2. The lowest BCUT2D eigenvalue weighted by Crippen LogP contribution is -2.53. The molecule has 4 nitrogen and oxygen atoms in total. The molecule has 1 spiro atoms. The number of nitrogens with zero attached hydrogens (tertiary/aromatic N) is 2. The van der Waals surface area contributed by atoms with Gasteiger partial charge in [0, 0.05) is 6.66 Å². The van der Waals surface area contributed by atoms with Gasteiger partial charge >= 0.3 is 5.82 Å². The van der Waals surface area contributed by atoms with Crippen LogP contribution in [0.25, 0.3) is 0 Å². The monoisotopic (exact) mass is 253 g/mol. The number of fused-ring (bicyclic) bond motifs is 2. The lowest BCUT2D eigenvalue weighted by Gasteiger charge is -2.29. The standard InChI is InChI=1S/C12H18N2O2P/c1-3-4-7-16-10-8-13-11-12(5-6-12)17(2,15)14(11)9-10/h8-9H,3-7H2,1-2H3/q+1. The van der Waals surface area contributed by atoms with Gasteiger partial charge in [0.1, 0.15) is 6.20 Å². The highest BCUT2D eigenvalue weighted by Crippen LogP contribution is 2.76. The van der Waals surface area contributed by atoms with Gasteiger partial charge in [0.15, 0.2) is 11.4 Å². The molecule has 3 rings (SSSR count). The van der Waals surface area contributed by atoms with Crippen LogP contribution in [-0.4, -0.2) is 18.3 Å². The summed E-state index contributed by atoms with van der Waals surface area (Å²) in [5.74, 6) is 1.73. The molecule has 1 unspecified atom stereocenters. The first-order valence-electron chi connectivity index (χ1n) is 6.25. The van der Waals surface area contributed by atoms with Gasteiger partial charge in [-0.25, -0.2) is 0 Å². The molecule has 0 saturated heterocycles. The minimum atomic E-state index is -2.24. The minimum absolute atomic E-state index is 0.0606. The number of unbranched alkanes of at least 4 members (excludes halogenated alkanes) is 1. The van der Waals surface area contributed by atoms with Crippen LogP contribution in [0.15, 0.2) is 12.4 Å². The van der Waals surface area contributed by atoms with E-state index in [-0.39, 0.29) is 5.16 Å². The summed E-state index contributed by atoms with van der Waals surface area (Å²) in [7, 11) is -2.24. The van der Waals surface area contributed by atoms with Gasteiger partial charge in [0.25, 0.3) is 7.29 Å². The average Bonchev–Trinajstić information content (AvgIpc) is 3.12. The van der Waals surface area contributed by atoms with Crippen LogP contribution in [-0.2, 0) is 9.72 Å².